The molecule has 0 saturated carbocycles. The Labute approximate surface area is 148 Å². The zero-order valence-corrected chi connectivity index (χ0v) is 14.0. The molecule has 25 heavy (non-hydrogen) atoms. The maximum Gasteiger partial charge on any atom is 0.259 e. The fourth-order valence-electron chi connectivity index (χ4n) is 2.55. The standard InChI is InChI=1S/C18H14ClF2N3O/c1-24-10-14(17(9-20)23-24)18(25)22-16-5-3-2-4-13(16)12-7-6-11(19)8-15(12)21/h2-8,10H,9H2,1H3,(H,22,25). The first-order chi connectivity index (χ1) is 12.0. The number of rotatable bonds is 4. The molecule has 0 aliphatic heterocycles. The van der Waals surface area contributed by atoms with Crippen LogP contribution in [0, 0.1) is 5.82 Å². The third-order valence-electron chi connectivity index (χ3n) is 3.67. The van der Waals surface area contributed by atoms with Crippen LogP contribution in [0.1, 0.15) is 16.1 Å². The van der Waals surface area contributed by atoms with Crippen LogP contribution in [0.25, 0.3) is 11.1 Å². The van der Waals surface area contributed by atoms with E-state index < -0.39 is 18.4 Å². The van der Waals surface area contributed by atoms with Gasteiger partial charge in [-0.1, -0.05) is 29.8 Å². The Morgan fingerprint density at radius 3 is 2.72 bits per heavy atom. The minimum atomic E-state index is -0.850. The number of alkyl halides is 1. The fraction of sp³-hybridized carbons (Fsp3) is 0.111. The minimum absolute atomic E-state index is 0.0511. The van der Waals surface area contributed by atoms with E-state index in [-0.39, 0.29) is 16.3 Å². The number of para-hydroxylation sites is 1. The number of nitrogens with one attached hydrogen (secondary N) is 1. The van der Waals surface area contributed by atoms with Crippen molar-refractivity contribution in [2.45, 2.75) is 6.67 Å². The maximum atomic E-state index is 14.2. The molecule has 0 aliphatic carbocycles. The zero-order valence-electron chi connectivity index (χ0n) is 13.3. The molecule has 2 aromatic carbocycles. The van der Waals surface area contributed by atoms with E-state index >= 15 is 0 Å². The average molecular weight is 362 g/mol. The third-order valence-corrected chi connectivity index (χ3v) is 3.91. The van der Waals surface area contributed by atoms with E-state index in [4.69, 9.17) is 11.6 Å². The number of carbonyl (C=O) groups excluding carboxylic acids is 1. The van der Waals surface area contributed by atoms with Crippen LogP contribution in [-0.2, 0) is 13.7 Å². The molecule has 4 nitrogen and oxygen atoms in total. The Kier molecular flexibility index (Phi) is 4.81. The highest BCUT2D eigenvalue weighted by atomic mass is 35.5. The van der Waals surface area contributed by atoms with E-state index in [9.17, 15) is 13.6 Å². The monoisotopic (exact) mass is 361 g/mol. The van der Waals surface area contributed by atoms with Gasteiger partial charge in [0.25, 0.3) is 5.91 Å². The van der Waals surface area contributed by atoms with Gasteiger partial charge in [-0.3, -0.25) is 9.48 Å². The van der Waals surface area contributed by atoms with Crippen LogP contribution < -0.4 is 5.32 Å². The number of amides is 1. The van der Waals surface area contributed by atoms with Crippen LogP contribution in [0.5, 0.6) is 0 Å². The summed E-state index contributed by atoms with van der Waals surface area (Å²) in [5.74, 6) is -1.01. The van der Waals surface area contributed by atoms with Gasteiger partial charge < -0.3 is 5.32 Å². The van der Waals surface area contributed by atoms with Crippen LogP contribution in [-0.4, -0.2) is 15.7 Å². The molecule has 0 bridgehead atoms. The maximum absolute atomic E-state index is 14.2. The first-order valence-electron chi connectivity index (χ1n) is 7.44. The molecule has 0 radical (unpaired) electrons. The Morgan fingerprint density at radius 1 is 1.24 bits per heavy atom. The highest BCUT2D eigenvalue weighted by Crippen LogP contribution is 2.31. The molecule has 0 spiro atoms. The molecule has 1 N–H and O–H groups in total. The molecular weight excluding hydrogens is 348 g/mol. The number of hydrogen-bond acceptors (Lipinski definition) is 2. The van der Waals surface area contributed by atoms with Gasteiger partial charge in [-0.15, -0.1) is 0 Å². The van der Waals surface area contributed by atoms with E-state index in [1.807, 2.05) is 0 Å². The van der Waals surface area contributed by atoms with Gasteiger partial charge in [0, 0.05) is 35.1 Å². The number of hydrogen-bond donors (Lipinski definition) is 1. The Bertz CT molecular complexity index is 940. The van der Waals surface area contributed by atoms with Crippen molar-refractivity contribution in [3.8, 4) is 11.1 Å². The summed E-state index contributed by atoms with van der Waals surface area (Å²) in [7, 11) is 1.60. The molecule has 128 valence electrons. The predicted octanol–water partition coefficient (Wildman–Crippen LogP) is 4.60. The molecule has 0 fully saturated rings. The van der Waals surface area contributed by atoms with Crippen LogP contribution >= 0.6 is 11.6 Å². The zero-order chi connectivity index (χ0) is 18.0. The smallest absolute Gasteiger partial charge is 0.259 e. The van der Waals surface area contributed by atoms with Crippen molar-refractivity contribution in [3.63, 3.8) is 0 Å². The van der Waals surface area contributed by atoms with Crippen molar-refractivity contribution in [1.82, 2.24) is 9.78 Å². The number of aromatic nitrogens is 2. The van der Waals surface area contributed by atoms with E-state index in [2.05, 4.69) is 10.4 Å². The third kappa shape index (κ3) is 3.53. The van der Waals surface area contributed by atoms with Gasteiger partial charge in [0.2, 0.25) is 0 Å². The molecule has 0 unspecified atom stereocenters. The normalized spacial score (nSPS) is 10.7. The van der Waals surface area contributed by atoms with Crippen molar-refractivity contribution >= 4 is 23.2 Å². The van der Waals surface area contributed by atoms with Crippen LogP contribution in [0.15, 0.2) is 48.7 Å². The number of nitrogens with zero attached hydrogens (tertiary/aromatic N) is 2. The lowest BCUT2D eigenvalue weighted by Gasteiger charge is -2.12. The molecule has 1 amide bonds. The predicted molar refractivity (Wildman–Crippen MR) is 92.8 cm³/mol. The van der Waals surface area contributed by atoms with Gasteiger partial charge in [0.1, 0.15) is 18.2 Å². The van der Waals surface area contributed by atoms with Gasteiger partial charge in [-0.25, -0.2) is 8.78 Å². The largest absolute Gasteiger partial charge is 0.321 e. The fourth-order valence-corrected chi connectivity index (χ4v) is 2.71. The second-order valence-corrected chi connectivity index (χ2v) is 5.86. The van der Waals surface area contributed by atoms with Crippen molar-refractivity contribution in [3.05, 3.63) is 70.8 Å². The van der Waals surface area contributed by atoms with Crippen molar-refractivity contribution in [1.29, 1.82) is 0 Å². The number of aryl methyl sites for hydroxylation is 1. The summed E-state index contributed by atoms with van der Waals surface area (Å²) < 4.78 is 28.6. The molecule has 7 heteroatoms. The summed E-state index contributed by atoms with van der Waals surface area (Å²) in [6.07, 6.45) is 1.44. The van der Waals surface area contributed by atoms with Gasteiger partial charge in [-0.2, -0.15) is 5.10 Å². The van der Waals surface area contributed by atoms with Gasteiger partial charge in [0.15, 0.2) is 0 Å². The van der Waals surface area contributed by atoms with Crippen LogP contribution in [0.3, 0.4) is 0 Å². The van der Waals surface area contributed by atoms with E-state index in [1.165, 1.54) is 16.9 Å². The number of carbonyl (C=O) groups is 1. The molecule has 0 atom stereocenters. The lowest BCUT2D eigenvalue weighted by molar-refractivity contribution is 0.102. The molecule has 0 saturated heterocycles. The van der Waals surface area contributed by atoms with Crippen LogP contribution in [0.4, 0.5) is 14.5 Å². The van der Waals surface area contributed by atoms with E-state index in [0.717, 1.165) is 0 Å². The Hall–Kier alpha value is -2.73. The van der Waals surface area contributed by atoms with Crippen molar-refractivity contribution in [2.24, 2.45) is 7.05 Å². The molecule has 3 aromatic rings. The van der Waals surface area contributed by atoms with E-state index in [1.54, 1.807) is 43.4 Å². The van der Waals surface area contributed by atoms with Crippen LogP contribution in [0.2, 0.25) is 5.02 Å². The molecule has 1 heterocycles. The quantitative estimate of drug-likeness (QED) is 0.738. The second kappa shape index (κ2) is 7.03. The number of benzene rings is 2. The second-order valence-electron chi connectivity index (χ2n) is 5.42. The van der Waals surface area contributed by atoms with Gasteiger partial charge in [-0.05, 0) is 24.3 Å². The SMILES string of the molecule is Cn1cc(C(=O)Nc2ccccc2-c2ccc(Cl)cc2F)c(CF)n1. The van der Waals surface area contributed by atoms with Gasteiger partial charge in [0.05, 0.1) is 5.56 Å². The molecular formula is C18H14ClF2N3O. The summed E-state index contributed by atoms with van der Waals surface area (Å²) in [6, 6.07) is 11.1. The summed E-state index contributed by atoms with van der Waals surface area (Å²) >= 11 is 5.79. The Morgan fingerprint density at radius 2 is 2.00 bits per heavy atom. The van der Waals surface area contributed by atoms with Gasteiger partial charge >= 0.3 is 0 Å². The molecule has 0 aliphatic rings. The first kappa shape index (κ1) is 17.1. The molecule has 3 rings (SSSR count). The molecule has 1 aromatic heterocycles. The van der Waals surface area contributed by atoms with Crippen molar-refractivity contribution < 1.29 is 13.6 Å². The average Bonchev–Trinajstić information content (AvgIpc) is 2.97. The minimum Gasteiger partial charge on any atom is -0.321 e. The lowest BCUT2D eigenvalue weighted by atomic mass is 10.0. The summed E-state index contributed by atoms with van der Waals surface area (Å²) in [5.41, 5.74) is 1.39. The summed E-state index contributed by atoms with van der Waals surface area (Å²) in [4.78, 5) is 12.5. The van der Waals surface area contributed by atoms with Crippen molar-refractivity contribution in [2.75, 3.05) is 5.32 Å². The number of halogens is 3. The number of anilines is 1. The van der Waals surface area contributed by atoms with E-state index in [0.29, 0.717) is 16.8 Å². The Balaban J connectivity index is 1.97. The topological polar surface area (TPSA) is 46.9 Å². The first-order valence-corrected chi connectivity index (χ1v) is 7.81. The highest BCUT2D eigenvalue weighted by Gasteiger charge is 2.18. The summed E-state index contributed by atoms with van der Waals surface area (Å²) in [5, 5.41) is 6.88. The lowest BCUT2D eigenvalue weighted by Crippen LogP contribution is -2.13. The summed E-state index contributed by atoms with van der Waals surface area (Å²) in [6.45, 7) is -0.850. The highest BCUT2D eigenvalue weighted by molar-refractivity contribution is 6.30.